The summed E-state index contributed by atoms with van der Waals surface area (Å²) in [6.07, 6.45) is 4.93. The van der Waals surface area contributed by atoms with Gasteiger partial charge in [0.2, 0.25) is 0 Å². The Kier molecular flexibility index (Phi) is 4.63. The van der Waals surface area contributed by atoms with Crippen LogP contribution in [0.25, 0.3) is 0 Å². The minimum Gasteiger partial charge on any atom is -0.298 e. The van der Waals surface area contributed by atoms with E-state index in [1.165, 1.54) is 54.7 Å². The lowest BCUT2D eigenvalue weighted by atomic mass is 10.1. The molecule has 0 bridgehead atoms. The highest BCUT2D eigenvalue weighted by Crippen LogP contribution is 2.22. The van der Waals surface area contributed by atoms with Crippen molar-refractivity contribution in [1.29, 1.82) is 0 Å². The average Bonchev–Trinajstić information content (AvgIpc) is 3.24. The monoisotopic (exact) mass is 321 g/mol. The Morgan fingerprint density at radius 1 is 1.12 bits per heavy atom. The zero-order valence-corrected chi connectivity index (χ0v) is 14.6. The van der Waals surface area contributed by atoms with E-state index in [1.807, 2.05) is 0 Å². The second-order valence-corrected chi connectivity index (χ2v) is 7.34. The molecule has 24 heavy (non-hydrogen) atoms. The Labute approximate surface area is 145 Å². The minimum atomic E-state index is 0.652. The molecule has 1 aromatic heterocycles. The third-order valence-corrected chi connectivity index (χ3v) is 5.52. The summed E-state index contributed by atoms with van der Waals surface area (Å²) in [6, 6.07) is 16.0. The number of aromatic nitrogens is 1. The molecule has 1 atom stereocenters. The van der Waals surface area contributed by atoms with Crippen molar-refractivity contribution in [3.05, 3.63) is 65.0 Å². The molecule has 2 heterocycles. The molecule has 3 heteroatoms. The highest BCUT2D eigenvalue weighted by molar-refractivity contribution is 5.27. The van der Waals surface area contributed by atoms with Crippen molar-refractivity contribution in [3.8, 4) is 0 Å². The van der Waals surface area contributed by atoms with Crippen molar-refractivity contribution < 1.29 is 0 Å². The number of likely N-dealkylation sites (tertiary alicyclic amines) is 1. The largest absolute Gasteiger partial charge is 0.298 e. The number of rotatable bonds is 5. The molecule has 4 rings (SSSR count). The van der Waals surface area contributed by atoms with Crippen molar-refractivity contribution in [1.82, 2.24) is 14.8 Å². The maximum absolute atomic E-state index is 4.90. The SMILES string of the molecule is CN(Cc1ccccc1)C1CCN(Cc2ccc3c(n2)CCC3)C1. The van der Waals surface area contributed by atoms with Gasteiger partial charge in [-0.2, -0.15) is 0 Å². The molecule has 1 aliphatic heterocycles. The molecule has 1 fully saturated rings. The Bertz CT molecular complexity index is 683. The Morgan fingerprint density at radius 3 is 2.88 bits per heavy atom. The van der Waals surface area contributed by atoms with Gasteiger partial charge in [0.05, 0.1) is 5.69 Å². The summed E-state index contributed by atoms with van der Waals surface area (Å²) in [5.74, 6) is 0. The predicted molar refractivity (Wildman–Crippen MR) is 97.9 cm³/mol. The van der Waals surface area contributed by atoms with E-state index in [9.17, 15) is 0 Å². The third-order valence-electron chi connectivity index (χ3n) is 5.52. The molecular formula is C21H27N3. The number of nitrogens with zero attached hydrogens (tertiary/aromatic N) is 3. The Morgan fingerprint density at radius 2 is 2.00 bits per heavy atom. The van der Waals surface area contributed by atoms with Gasteiger partial charge in [0.25, 0.3) is 0 Å². The van der Waals surface area contributed by atoms with Crippen molar-refractivity contribution in [2.45, 2.75) is 44.8 Å². The Hall–Kier alpha value is -1.71. The van der Waals surface area contributed by atoms with E-state index in [0.29, 0.717) is 6.04 Å². The van der Waals surface area contributed by atoms with Crippen LogP contribution in [0, 0.1) is 0 Å². The first kappa shape index (κ1) is 15.8. The van der Waals surface area contributed by atoms with Crippen LogP contribution in [-0.2, 0) is 25.9 Å². The van der Waals surface area contributed by atoms with Gasteiger partial charge in [-0.15, -0.1) is 0 Å². The maximum Gasteiger partial charge on any atom is 0.0547 e. The summed E-state index contributed by atoms with van der Waals surface area (Å²) in [5, 5.41) is 0. The molecule has 0 spiro atoms. The van der Waals surface area contributed by atoms with Crippen molar-refractivity contribution in [3.63, 3.8) is 0 Å². The van der Waals surface area contributed by atoms with Crippen LogP contribution in [0.1, 0.15) is 35.4 Å². The molecule has 1 saturated heterocycles. The summed E-state index contributed by atoms with van der Waals surface area (Å²) in [5.41, 5.74) is 5.48. The molecule has 0 amide bonds. The smallest absolute Gasteiger partial charge is 0.0547 e. The topological polar surface area (TPSA) is 19.4 Å². The van der Waals surface area contributed by atoms with E-state index in [4.69, 9.17) is 4.98 Å². The van der Waals surface area contributed by atoms with Gasteiger partial charge in [-0.3, -0.25) is 14.8 Å². The number of hydrogen-bond donors (Lipinski definition) is 0. The lowest BCUT2D eigenvalue weighted by molar-refractivity contribution is 0.222. The highest BCUT2D eigenvalue weighted by Gasteiger charge is 2.26. The van der Waals surface area contributed by atoms with Crippen LogP contribution in [0.3, 0.4) is 0 Å². The predicted octanol–water partition coefficient (Wildman–Crippen LogP) is 3.28. The number of aryl methyl sites for hydroxylation is 2. The van der Waals surface area contributed by atoms with Gasteiger partial charge in [-0.25, -0.2) is 0 Å². The molecule has 1 aliphatic carbocycles. The number of fused-ring (bicyclic) bond motifs is 1. The fraction of sp³-hybridized carbons (Fsp3) is 0.476. The summed E-state index contributed by atoms with van der Waals surface area (Å²) >= 11 is 0. The maximum atomic E-state index is 4.90. The normalized spacial score (nSPS) is 20.7. The van der Waals surface area contributed by atoms with Crippen molar-refractivity contribution >= 4 is 0 Å². The summed E-state index contributed by atoms with van der Waals surface area (Å²) in [6.45, 7) is 4.38. The van der Waals surface area contributed by atoms with E-state index in [-0.39, 0.29) is 0 Å². The van der Waals surface area contributed by atoms with Gasteiger partial charge in [0.1, 0.15) is 0 Å². The fourth-order valence-corrected chi connectivity index (χ4v) is 4.10. The van der Waals surface area contributed by atoms with E-state index in [0.717, 1.165) is 19.6 Å². The number of pyridine rings is 1. The highest BCUT2D eigenvalue weighted by atomic mass is 15.2. The van der Waals surface area contributed by atoms with Crippen molar-refractivity contribution in [2.24, 2.45) is 0 Å². The minimum absolute atomic E-state index is 0.652. The standard InChI is InChI=1S/C21H27N3/c1-23(14-17-6-3-2-4-7-17)20-12-13-24(16-20)15-19-11-10-18-8-5-9-21(18)22-19/h2-4,6-7,10-11,20H,5,8-9,12-16H2,1H3. The molecule has 1 unspecified atom stereocenters. The van der Waals surface area contributed by atoms with Crippen LogP contribution >= 0.6 is 0 Å². The molecule has 0 N–H and O–H groups in total. The van der Waals surface area contributed by atoms with E-state index in [1.54, 1.807) is 0 Å². The van der Waals surface area contributed by atoms with E-state index < -0.39 is 0 Å². The average molecular weight is 321 g/mol. The second-order valence-electron chi connectivity index (χ2n) is 7.34. The summed E-state index contributed by atoms with van der Waals surface area (Å²) in [4.78, 5) is 9.97. The zero-order valence-electron chi connectivity index (χ0n) is 14.6. The van der Waals surface area contributed by atoms with Gasteiger partial charge >= 0.3 is 0 Å². The molecule has 126 valence electrons. The molecule has 3 nitrogen and oxygen atoms in total. The van der Waals surface area contributed by atoms with E-state index in [2.05, 4.69) is 59.3 Å². The Balaban J connectivity index is 1.33. The van der Waals surface area contributed by atoms with Crippen LogP contribution < -0.4 is 0 Å². The van der Waals surface area contributed by atoms with Crippen LogP contribution in [0.4, 0.5) is 0 Å². The van der Waals surface area contributed by atoms with Crippen LogP contribution in [-0.4, -0.2) is 41.0 Å². The first-order valence-corrected chi connectivity index (χ1v) is 9.22. The quantitative estimate of drug-likeness (QED) is 0.842. The lowest BCUT2D eigenvalue weighted by Gasteiger charge is -2.25. The number of likely N-dealkylation sites (N-methyl/N-ethyl adjacent to an activating group) is 1. The molecule has 2 aliphatic rings. The fourth-order valence-electron chi connectivity index (χ4n) is 4.10. The lowest BCUT2D eigenvalue weighted by Crippen LogP contribution is -2.34. The van der Waals surface area contributed by atoms with Crippen LogP contribution in [0.5, 0.6) is 0 Å². The molecule has 0 saturated carbocycles. The molecule has 1 aromatic carbocycles. The van der Waals surface area contributed by atoms with Gasteiger partial charge in [-0.05, 0) is 49.9 Å². The number of hydrogen-bond acceptors (Lipinski definition) is 3. The first-order valence-electron chi connectivity index (χ1n) is 9.22. The van der Waals surface area contributed by atoms with E-state index >= 15 is 0 Å². The van der Waals surface area contributed by atoms with Gasteiger partial charge in [0.15, 0.2) is 0 Å². The zero-order chi connectivity index (χ0) is 16.4. The van der Waals surface area contributed by atoms with Gasteiger partial charge < -0.3 is 0 Å². The third kappa shape index (κ3) is 3.52. The summed E-state index contributed by atoms with van der Waals surface area (Å²) in [7, 11) is 2.26. The van der Waals surface area contributed by atoms with Gasteiger partial charge in [0, 0.05) is 37.9 Å². The molecular weight excluding hydrogens is 294 g/mol. The summed E-state index contributed by atoms with van der Waals surface area (Å²) < 4.78 is 0. The van der Waals surface area contributed by atoms with Crippen molar-refractivity contribution in [2.75, 3.05) is 20.1 Å². The van der Waals surface area contributed by atoms with Crippen LogP contribution in [0.2, 0.25) is 0 Å². The number of benzene rings is 1. The van der Waals surface area contributed by atoms with Gasteiger partial charge in [-0.1, -0.05) is 36.4 Å². The second kappa shape index (κ2) is 7.04. The van der Waals surface area contributed by atoms with Crippen LogP contribution in [0.15, 0.2) is 42.5 Å². The molecule has 2 aromatic rings. The first-order chi connectivity index (χ1) is 11.8. The molecule has 0 radical (unpaired) electrons.